The number of imidazole rings is 1. The second-order valence-corrected chi connectivity index (χ2v) is 8.15. The lowest BCUT2D eigenvalue weighted by Gasteiger charge is -2.05. The molecule has 2 aromatic heterocycles. The smallest absolute Gasteiger partial charge is 0.125 e. The maximum Gasteiger partial charge on any atom is 0.125 e. The zero-order chi connectivity index (χ0) is 13.4. The van der Waals surface area contributed by atoms with Gasteiger partial charge < -0.3 is 4.57 Å². The number of hydrogen-bond donors (Lipinski definition) is 0. The fraction of sp³-hybridized carbons (Fsp3) is 0.154. The number of hydrogen-bond acceptors (Lipinski definition) is 2. The minimum absolute atomic E-state index is 0.428. The van der Waals surface area contributed by atoms with E-state index < -0.39 is 0 Å². The Morgan fingerprint density at radius 2 is 2.16 bits per heavy atom. The van der Waals surface area contributed by atoms with Gasteiger partial charge in [-0.3, -0.25) is 0 Å². The molecule has 0 saturated carbocycles. The van der Waals surface area contributed by atoms with E-state index in [1.807, 2.05) is 0 Å². The summed E-state index contributed by atoms with van der Waals surface area (Å²) >= 11 is 13.6. The van der Waals surface area contributed by atoms with Crippen molar-refractivity contribution in [3.63, 3.8) is 0 Å². The van der Waals surface area contributed by atoms with Gasteiger partial charge in [0.1, 0.15) is 5.82 Å². The lowest BCUT2D eigenvalue weighted by Crippen LogP contribution is -2.02. The maximum absolute atomic E-state index is 6.02. The molecule has 2 nitrogen and oxygen atoms in total. The molecule has 3 aromatic rings. The van der Waals surface area contributed by atoms with Crippen molar-refractivity contribution in [2.75, 3.05) is 0 Å². The number of nitrogens with zero attached hydrogens (tertiary/aromatic N) is 2. The topological polar surface area (TPSA) is 17.8 Å². The fourth-order valence-electron chi connectivity index (χ4n) is 2.02. The molecule has 98 valence electrons. The number of thiophene rings is 1. The molecule has 2 heterocycles. The predicted molar refractivity (Wildman–Crippen MR) is 93.1 cm³/mol. The molecular formula is C13H9BrClIN2S. The Morgan fingerprint density at radius 3 is 2.84 bits per heavy atom. The van der Waals surface area contributed by atoms with Crippen LogP contribution in [0.3, 0.4) is 0 Å². The van der Waals surface area contributed by atoms with Crippen LogP contribution >= 0.6 is 61.5 Å². The highest BCUT2D eigenvalue weighted by Gasteiger charge is 2.11. The summed E-state index contributed by atoms with van der Waals surface area (Å²) in [5.41, 5.74) is 2.15. The largest absolute Gasteiger partial charge is 0.322 e. The maximum atomic E-state index is 6.02. The quantitative estimate of drug-likeness (QED) is 0.380. The van der Waals surface area contributed by atoms with Gasteiger partial charge in [-0.2, -0.15) is 0 Å². The van der Waals surface area contributed by atoms with E-state index in [1.165, 1.54) is 8.45 Å². The summed E-state index contributed by atoms with van der Waals surface area (Å²) in [6.45, 7) is 0.815. The van der Waals surface area contributed by atoms with Crippen LogP contribution in [0.4, 0.5) is 0 Å². The number of fused-ring (bicyclic) bond motifs is 1. The second-order valence-electron chi connectivity index (χ2n) is 4.09. The summed E-state index contributed by atoms with van der Waals surface area (Å²) in [4.78, 5) is 5.90. The van der Waals surface area contributed by atoms with Crippen molar-refractivity contribution in [1.29, 1.82) is 0 Å². The molecule has 0 aliphatic rings. The van der Waals surface area contributed by atoms with E-state index in [0.29, 0.717) is 5.88 Å². The molecule has 0 spiro atoms. The molecule has 3 rings (SSSR count). The van der Waals surface area contributed by atoms with Crippen LogP contribution in [0.15, 0.2) is 34.1 Å². The van der Waals surface area contributed by atoms with Crippen molar-refractivity contribution in [1.82, 2.24) is 9.55 Å². The van der Waals surface area contributed by atoms with Gasteiger partial charge in [-0.25, -0.2) is 4.98 Å². The van der Waals surface area contributed by atoms with Crippen LogP contribution in [0.25, 0.3) is 11.0 Å². The van der Waals surface area contributed by atoms with E-state index >= 15 is 0 Å². The normalized spacial score (nSPS) is 11.3. The third-order valence-electron chi connectivity index (χ3n) is 2.85. The molecular weight excluding hydrogens is 458 g/mol. The zero-order valence-electron chi connectivity index (χ0n) is 9.74. The van der Waals surface area contributed by atoms with Gasteiger partial charge >= 0.3 is 0 Å². The first-order valence-corrected chi connectivity index (χ1v) is 8.84. The highest BCUT2D eigenvalue weighted by Crippen LogP contribution is 2.26. The first-order valence-electron chi connectivity index (χ1n) is 5.62. The Bertz CT molecular complexity index is 737. The summed E-state index contributed by atoms with van der Waals surface area (Å²) in [5.74, 6) is 1.35. The lowest BCUT2D eigenvalue weighted by molar-refractivity contribution is 0.789. The van der Waals surface area contributed by atoms with Crippen molar-refractivity contribution in [3.8, 4) is 0 Å². The third kappa shape index (κ3) is 2.84. The molecule has 1 aromatic carbocycles. The van der Waals surface area contributed by atoms with Crippen LogP contribution in [0.2, 0.25) is 0 Å². The summed E-state index contributed by atoms with van der Waals surface area (Å²) < 4.78 is 4.53. The van der Waals surface area contributed by atoms with Gasteiger partial charge in [0.2, 0.25) is 0 Å². The minimum Gasteiger partial charge on any atom is -0.322 e. The minimum atomic E-state index is 0.428. The SMILES string of the molecule is ClCc1nc2cc(I)ccc2n1Cc1ccc(Br)s1. The highest BCUT2D eigenvalue weighted by atomic mass is 127. The van der Waals surface area contributed by atoms with Gasteiger partial charge in [-0.15, -0.1) is 22.9 Å². The van der Waals surface area contributed by atoms with Gasteiger partial charge in [-0.05, 0) is 68.9 Å². The van der Waals surface area contributed by atoms with E-state index in [9.17, 15) is 0 Å². The predicted octanol–water partition coefficient (Wildman–Crippen LogP) is 5.25. The molecule has 6 heteroatoms. The molecule has 0 amide bonds. The Balaban J connectivity index is 2.10. The molecule has 0 radical (unpaired) electrons. The molecule has 0 fully saturated rings. The zero-order valence-corrected chi connectivity index (χ0v) is 15.1. The molecule has 0 unspecified atom stereocenters. The first kappa shape index (κ1) is 13.9. The van der Waals surface area contributed by atoms with Gasteiger partial charge in [-0.1, -0.05) is 0 Å². The summed E-state index contributed by atoms with van der Waals surface area (Å²) in [6.07, 6.45) is 0. The number of aromatic nitrogens is 2. The molecule has 0 saturated heterocycles. The Kier molecular flexibility index (Phi) is 4.17. The Hall–Kier alpha value is -0.110. The average molecular weight is 468 g/mol. The van der Waals surface area contributed by atoms with Gasteiger partial charge in [0.05, 0.1) is 27.2 Å². The molecule has 19 heavy (non-hydrogen) atoms. The number of rotatable bonds is 3. The third-order valence-corrected chi connectivity index (χ3v) is 5.37. The van der Waals surface area contributed by atoms with Crippen molar-refractivity contribution in [3.05, 3.63) is 48.4 Å². The van der Waals surface area contributed by atoms with Gasteiger partial charge in [0, 0.05) is 8.45 Å². The van der Waals surface area contributed by atoms with Crippen molar-refractivity contribution >= 4 is 72.5 Å². The van der Waals surface area contributed by atoms with Crippen LogP contribution in [0.1, 0.15) is 10.7 Å². The Morgan fingerprint density at radius 1 is 1.32 bits per heavy atom. The highest BCUT2D eigenvalue weighted by molar-refractivity contribution is 14.1. The van der Waals surface area contributed by atoms with Crippen molar-refractivity contribution in [2.24, 2.45) is 0 Å². The van der Waals surface area contributed by atoms with E-state index in [4.69, 9.17) is 11.6 Å². The Labute approximate surface area is 142 Å². The van der Waals surface area contributed by atoms with E-state index in [-0.39, 0.29) is 0 Å². The standard InChI is InChI=1S/C13H9BrClIN2S/c14-12-4-2-9(19-12)7-18-11-3-1-8(16)5-10(11)17-13(18)6-15/h1-5H,6-7H2. The van der Waals surface area contributed by atoms with Crippen molar-refractivity contribution < 1.29 is 0 Å². The lowest BCUT2D eigenvalue weighted by atomic mass is 10.3. The number of benzene rings is 1. The summed E-state index contributed by atoms with van der Waals surface area (Å²) in [7, 11) is 0. The van der Waals surface area contributed by atoms with Crippen LogP contribution < -0.4 is 0 Å². The monoisotopic (exact) mass is 466 g/mol. The summed E-state index contributed by atoms with van der Waals surface area (Å²) in [6, 6.07) is 10.5. The number of halogens is 3. The number of alkyl halides is 1. The van der Waals surface area contributed by atoms with Gasteiger partial charge in [0.25, 0.3) is 0 Å². The average Bonchev–Trinajstić information content (AvgIpc) is 2.94. The van der Waals surface area contributed by atoms with Crippen molar-refractivity contribution in [2.45, 2.75) is 12.4 Å². The van der Waals surface area contributed by atoms with E-state index in [0.717, 1.165) is 27.2 Å². The molecule has 0 bridgehead atoms. The van der Waals surface area contributed by atoms with E-state index in [1.54, 1.807) is 11.3 Å². The molecule has 0 N–H and O–H groups in total. The fourth-order valence-corrected chi connectivity index (χ4v) is 4.17. The van der Waals surface area contributed by atoms with Crippen LogP contribution in [-0.2, 0) is 12.4 Å². The van der Waals surface area contributed by atoms with Crippen LogP contribution in [0, 0.1) is 3.57 Å². The van der Waals surface area contributed by atoms with E-state index in [2.05, 4.69) is 78.4 Å². The second kappa shape index (κ2) is 5.71. The van der Waals surface area contributed by atoms with Crippen LogP contribution in [0.5, 0.6) is 0 Å². The molecule has 0 atom stereocenters. The first-order chi connectivity index (χ1) is 9.17. The molecule has 0 aliphatic heterocycles. The van der Waals surface area contributed by atoms with Gasteiger partial charge in [0.15, 0.2) is 0 Å². The molecule has 0 aliphatic carbocycles. The van der Waals surface area contributed by atoms with Crippen LogP contribution in [-0.4, -0.2) is 9.55 Å². The summed E-state index contributed by atoms with van der Waals surface area (Å²) in [5, 5.41) is 0.